The van der Waals surface area contributed by atoms with Crippen LogP contribution in [0.4, 0.5) is 22.0 Å². The third-order valence-corrected chi connectivity index (χ3v) is 3.67. The first kappa shape index (κ1) is 21.6. The predicted molar refractivity (Wildman–Crippen MR) is 74.3 cm³/mol. The van der Waals surface area contributed by atoms with Gasteiger partial charge in [0, 0.05) is 6.08 Å². The molecule has 0 amide bonds. The van der Waals surface area contributed by atoms with Gasteiger partial charge in [0.05, 0.1) is 7.11 Å². The molecule has 0 aliphatic rings. The molecule has 13 heteroatoms. The molecule has 1 rings (SSSR count). The van der Waals surface area contributed by atoms with E-state index in [1.54, 1.807) is 0 Å². The molecule has 7 nitrogen and oxygen atoms in total. The first-order valence-corrected chi connectivity index (χ1v) is 7.76. The van der Waals surface area contributed by atoms with Gasteiger partial charge in [-0.3, -0.25) is 0 Å². The van der Waals surface area contributed by atoms with Crippen LogP contribution < -0.4 is 4.74 Å². The first-order valence-electron chi connectivity index (χ1n) is 6.36. The smallest absolute Gasteiger partial charge is 0.432 e. The van der Waals surface area contributed by atoms with E-state index in [1.165, 1.54) is 13.2 Å². The molecule has 146 valence electrons. The van der Waals surface area contributed by atoms with Crippen LogP contribution >= 0.6 is 0 Å². The number of methoxy groups -OCH3 is 1. The van der Waals surface area contributed by atoms with Gasteiger partial charge in [-0.15, -0.1) is 0 Å². The summed E-state index contributed by atoms with van der Waals surface area (Å²) < 4.78 is 103. The van der Waals surface area contributed by atoms with E-state index in [0.29, 0.717) is 0 Å². The summed E-state index contributed by atoms with van der Waals surface area (Å²) in [7, 11) is -5.57. The SMILES string of the molecule is COc1cc(/C=C/C(=O)OC(C(F)(F)F)C(F)(F)S(=O)(=O)[O-])ccc1O. The van der Waals surface area contributed by atoms with Crippen LogP contribution in [0.3, 0.4) is 0 Å². The number of alkyl halides is 5. The number of halogens is 5. The molecule has 1 N–H and O–H groups in total. The van der Waals surface area contributed by atoms with E-state index in [1.807, 2.05) is 0 Å². The van der Waals surface area contributed by atoms with Gasteiger partial charge in [0.15, 0.2) is 21.6 Å². The second kappa shape index (κ2) is 7.45. The summed E-state index contributed by atoms with van der Waals surface area (Å²) in [6.45, 7) is 0. The van der Waals surface area contributed by atoms with Gasteiger partial charge in [0.2, 0.25) is 0 Å². The Bertz CT molecular complexity index is 802. The zero-order chi connectivity index (χ0) is 20.3. The number of hydrogen-bond donors (Lipinski definition) is 1. The number of hydrogen-bond acceptors (Lipinski definition) is 7. The molecule has 0 aliphatic heterocycles. The number of benzene rings is 1. The highest BCUT2D eigenvalue weighted by Gasteiger charge is 2.62. The van der Waals surface area contributed by atoms with Gasteiger partial charge >= 0.3 is 17.4 Å². The molecule has 0 saturated carbocycles. The summed E-state index contributed by atoms with van der Waals surface area (Å²) in [5, 5.41) is 3.43. The summed E-state index contributed by atoms with van der Waals surface area (Å²) in [4.78, 5) is 11.3. The number of aromatic hydroxyl groups is 1. The number of carbonyl (C=O) groups excluding carboxylic acids is 1. The number of rotatable bonds is 6. The minimum atomic E-state index is -6.76. The summed E-state index contributed by atoms with van der Waals surface area (Å²) in [5.41, 5.74) is 0.100. The fourth-order valence-electron chi connectivity index (χ4n) is 1.57. The Morgan fingerprint density at radius 1 is 1.27 bits per heavy atom. The van der Waals surface area contributed by atoms with Crippen molar-refractivity contribution in [1.29, 1.82) is 0 Å². The quantitative estimate of drug-likeness (QED) is 0.333. The van der Waals surface area contributed by atoms with E-state index >= 15 is 0 Å². The van der Waals surface area contributed by atoms with Crippen LogP contribution in [0.15, 0.2) is 24.3 Å². The first-order chi connectivity index (χ1) is 11.7. The van der Waals surface area contributed by atoms with Gasteiger partial charge in [0.1, 0.15) is 0 Å². The van der Waals surface area contributed by atoms with Crippen molar-refractivity contribution in [3.05, 3.63) is 29.8 Å². The third-order valence-electron chi connectivity index (χ3n) is 2.79. The molecular weight excluding hydrogens is 395 g/mol. The van der Waals surface area contributed by atoms with Crippen molar-refractivity contribution in [3.63, 3.8) is 0 Å². The predicted octanol–water partition coefficient (Wildman–Crippen LogP) is 2.03. The van der Waals surface area contributed by atoms with Gasteiger partial charge in [0.25, 0.3) is 6.10 Å². The zero-order valence-electron chi connectivity index (χ0n) is 12.7. The molecule has 0 heterocycles. The van der Waals surface area contributed by atoms with Gasteiger partial charge in [-0.2, -0.15) is 22.0 Å². The summed E-state index contributed by atoms with van der Waals surface area (Å²) in [5.74, 6) is -2.33. The molecule has 1 unspecified atom stereocenters. The Morgan fingerprint density at radius 3 is 2.31 bits per heavy atom. The van der Waals surface area contributed by atoms with Crippen LogP contribution in [0, 0.1) is 0 Å². The molecular formula is C13H10F5O7S-. The lowest BCUT2D eigenvalue weighted by molar-refractivity contribution is -0.257. The molecule has 1 aromatic rings. The fourth-order valence-corrected chi connectivity index (χ4v) is 2.02. The van der Waals surface area contributed by atoms with Crippen LogP contribution in [-0.4, -0.2) is 48.7 Å². The summed E-state index contributed by atoms with van der Waals surface area (Å²) in [6.07, 6.45) is -9.39. The molecule has 0 radical (unpaired) electrons. The summed E-state index contributed by atoms with van der Waals surface area (Å²) >= 11 is 0. The third kappa shape index (κ3) is 5.05. The lowest BCUT2D eigenvalue weighted by Gasteiger charge is -2.29. The molecule has 0 bridgehead atoms. The second-order valence-corrected chi connectivity index (χ2v) is 6.09. The fraction of sp³-hybridized carbons (Fsp3) is 0.308. The Labute approximate surface area is 143 Å². The lowest BCUT2D eigenvalue weighted by Crippen LogP contribution is -2.52. The maximum Gasteiger partial charge on any atom is 0.432 e. The largest absolute Gasteiger partial charge is 0.743 e. The number of carbonyl (C=O) groups is 1. The van der Waals surface area contributed by atoms with E-state index in [4.69, 9.17) is 4.74 Å². The molecule has 1 atom stereocenters. The van der Waals surface area contributed by atoms with Crippen molar-refractivity contribution in [2.24, 2.45) is 0 Å². The van der Waals surface area contributed by atoms with E-state index < -0.39 is 33.6 Å². The van der Waals surface area contributed by atoms with E-state index in [-0.39, 0.29) is 23.1 Å². The second-order valence-electron chi connectivity index (χ2n) is 4.64. The Kier molecular flexibility index (Phi) is 6.20. The maximum absolute atomic E-state index is 13.2. The monoisotopic (exact) mass is 405 g/mol. The average molecular weight is 405 g/mol. The highest BCUT2D eigenvalue weighted by Crippen LogP contribution is 2.38. The van der Waals surface area contributed by atoms with Crippen molar-refractivity contribution < 1.29 is 54.3 Å². The van der Waals surface area contributed by atoms with Gasteiger partial charge in [-0.25, -0.2) is 13.2 Å². The molecule has 26 heavy (non-hydrogen) atoms. The highest BCUT2D eigenvalue weighted by atomic mass is 32.2. The van der Waals surface area contributed by atoms with E-state index in [0.717, 1.165) is 18.2 Å². The van der Waals surface area contributed by atoms with Gasteiger partial charge in [-0.1, -0.05) is 6.07 Å². The number of esters is 1. The van der Waals surface area contributed by atoms with Crippen LogP contribution in [0.1, 0.15) is 5.56 Å². The molecule has 0 aliphatic carbocycles. The van der Waals surface area contributed by atoms with Gasteiger partial charge < -0.3 is 19.1 Å². The standard InChI is InChI=1S/C13H11F5O7S/c1-24-9-6-7(2-4-8(9)19)3-5-10(20)25-11(12(14,15)16)13(17,18)26(21,22)23/h2-6,11,19H,1H3,(H,21,22,23)/p-1/b5-3+. The van der Waals surface area contributed by atoms with Crippen molar-refractivity contribution in [2.45, 2.75) is 17.5 Å². The number of ether oxygens (including phenoxy) is 2. The Balaban J connectivity index is 3.05. The van der Waals surface area contributed by atoms with Crippen molar-refractivity contribution in [1.82, 2.24) is 0 Å². The average Bonchev–Trinajstić information content (AvgIpc) is 2.49. The number of phenols is 1. The van der Waals surface area contributed by atoms with Crippen molar-refractivity contribution in [3.8, 4) is 11.5 Å². The van der Waals surface area contributed by atoms with Crippen LogP contribution in [0.5, 0.6) is 11.5 Å². The van der Waals surface area contributed by atoms with Crippen LogP contribution in [0.2, 0.25) is 0 Å². The number of phenolic OH excluding ortho intramolecular Hbond substituents is 1. The minimum absolute atomic E-state index is 0.0577. The summed E-state index contributed by atoms with van der Waals surface area (Å²) in [6, 6.07) is 3.46. The Hall–Kier alpha value is -2.41. The van der Waals surface area contributed by atoms with Crippen molar-refractivity contribution in [2.75, 3.05) is 7.11 Å². The topological polar surface area (TPSA) is 113 Å². The van der Waals surface area contributed by atoms with Crippen LogP contribution in [0.25, 0.3) is 6.08 Å². The molecule has 0 spiro atoms. The maximum atomic E-state index is 13.2. The minimum Gasteiger partial charge on any atom is -0.743 e. The highest BCUT2D eigenvalue weighted by molar-refractivity contribution is 7.86. The Morgan fingerprint density at radius 2 is 1.85 bits per heavy atom. The van der Waals surface area contributed by atoms with Crippen LogP contribution in [-0.2, 0) is 19.6 Å². The van der Waals surface area contributed by atoms with Gasteiger partial charge in [-0.05, 0) is 23.8 Å². The zero-order valence-corrected chi connectivity index (χ0v) is 13.5. The normalized spacial score (nSPS) is 14.3. The van der Waals surface area contributed by atoms with Crippen molar-refractivity contribution >= 4 is 22.2 Å². The van der Waals surface area contributed by atoms with E-state index in [2.05, 4.69) is 4.74 Å². The van der Waals surface area contributed by atoms with E-state index in [9.17, 15) is 44.8 Å². The molecule has 0 aromatic heterocycles. The molecule has 1 aromatic carbocycles. The molecule has 0 saturated heterocycles. The molecule has 0 fully saturated rings. The lowest BCUT2D eigenvalue weighted by atomic mass is 10.2.